The number of methoxy groups -OCH3 is 1. The normalized spacial score (nSPS) is 12.1. The fraction of sp³-hybridized carbons (Fsp3) is 0.158. The van der Waals surface area contributed by atoms with Gasteiger partial charge in [0.15, 0.2) is 0 Å². The lowest BCUT2D eigenvalue weighted by Crippen LogP contribution is -2.07. The van der Waals surface area contributed by atoms with Crippen LogP contribution in [0.25, 0.3) is 10.8 Å². The lowest BCUT2D eigenvalue weighted by atomic mass is 9.99. The third-order valence-electron chi connectivity index (χ3n) is 3.76. The van der Waals surface area contributed by atoms with Crippen molar-refractivity contribution in [1.82, 2.24) is 0 Å². The first-order valence-corrected chi connectivity index (χ1v) is 7.16. The van der Waals surface area contributed by atoms with Crippen LogP contribution in [0.15, 0.2) is 66.7 Å². The van der Waals surface area contributed by atoms with Crippen LogP contribution in [-0.2, 0) is 0 Å². The van der Waals surface area contributed by atoms with E-state index in [0.29, 0.717) is 0 Å². The summed E-state index contributed by atoms with van der Waals surface area (Å²) in [5.41, 5.74) is 2.40. The van der Waals surface area contributed by atoms with Gasteiger partial charge >= 0.3 is 0 Å². The summed E-state index contributed by atoms with van der Waals surface area (Å²) in [4.78, 5) is 0. The van der Waals surface area contributed by atoms with Crippen molar-refractivity contribution in [2.75, 3.05) is 12.4 Å². The van der Waals surface area contributed by atoms with E-state index in [1.165, 1.54) is 16.3 Å². The smallest absolute Gasteiger partial charge is 0.119 e. The van der Waals surface area contributed by atoms with E-state index in [1.54, 1.807) is 7.11 Å². The van der Waals surface area contributed by atoms with Crippen molar-refractivity contribution in [2.24, 2.45) is 0 Å². The third kappa shape index (κ3) is 2.84. The van der Waals surface area contributed by atoms with Crippen LogP contribution in [0.5, 0.6) is 5.75 Å². The first-order valence-electron chi connectivity index (χ1n) is 7.16. The molecule has 0 amide bonds. The molecule has 0 aliphatic carbocycles. The minimum Gasteiger partial charge on any atom is -0.497 e. The molecule has 0 radical (unpaired) electrons. The number of rotatable bonds is 4. The molecule has 0 spiro atoms. The van der Waals surface area contributed by atoms with E-state index in [2.05, 4.69) is 54.7 Å². The van der Waals surface area contributed by atoms with Crippen LogP contribution < -0.4 is 10.1 Å². The van der Waals surface area contributed by atoms with Crippen LogP contribution in [0, 0.1) is 0 Å². The molecule has 0 saturated carbocycles. The van der Waals surface area contributed by atoms with E-state index in [-0.39, 0.29) is 6.04 Å². The molecule has 0 aromatic heterocycles. The van der Waals surface area contributed by atoms with Gasteiger partial charge in [-0.05, 0) is 47.5 Å². The van der Waals surface area contributed by atoms with Crippen LogP contribution >= 0.6 is 0 Å². The van der Waals surface area contributed by atoms with Gasteiger partial charge in [-0.1, -0.05) is 42.5 Å². The lowest BCUT2D eigenvalue weighted by Gasteiger charge is -2.18. The molecule has 0 aliphatic rings. The van der Waals surface area contributed by atoms with Gasteiger partial charge in [-0.25, -0.2) is 0 Å². The molecule has 0 heterocycles. The highest BCUT2D eigenvalue weighted by molar-refractivity contribution is 5.86. The molecule has 1 atom stereocenters. The van der Waals surface area contributed by atoms with E-state index < -0.39 is 0 Å². The molecule has 0 fully saturated rings. The molecule has 21 heavy (non-hydrogen) atoms. The zero-order valence-electron chi connectivity index (χ0n) is 12.3. The molecule has 3 rings (SSSR count). The van der Waals surface area contributed by atoms with Crippen LogP contribution in [0.4, 0.5) is 5.69 Å². The highest BCUT2D eigenvalue weighted by Gasteiger charge is 2.08. The molecule has 0 unspecified atom stereocenters. The standard InChI is InChI=1S/C19H19NO/c1-14(20-16-10-12-17(21-2)13-11-16)18-9-5-7-15-6-3-4-8-19(15)18/h3-14,20H,1-2H3/t14-/m1/s1. The van der Waals surface area contributed by atoms with Crippen molar-refractivity contribution in [3.8, 4) is 5.75 Å². The van der Waals surface area contributed by atoms with Gasteiger partial charge in [-0.15, -0.1) is 0 Å². The molecule has 1 N–H and O–H groups in total. The van der Waals surface area contributed by atoms with Gasteiger partial charge in [0.05, 0.1) is 7.11 Å². The molecule has 2 heteroatoms. The number of nitrogens with one attached hydrogen (secondary N) is 1. The molecule has 0 saturated heterocycles. The Labute approximate surface area is 125 Å². The number of hydrogen-bond acceptors (Lipinski definition) is 2. The molecule has 2 nitrogen and oxygen atoms in total. The second-order valence-electron chi connectivity index (χ2n) is 5.16. The lowest BCUT2D eigenvalue weighted by molar-refractivity contribution is 0.415. The van der Waals surface area contributed by atoms with Gasteiger partial charge in [0.25, 0.3) is 0 Å². The minimum atomic E-state index is 0.240. The van der Waals surface area contributed by atoms with E-state index in [9.17, 15) is 0 Å². The van der Waals surface area contributed by atoms with Crippen LogP contribution in [0.2, 0.25) is 0 Å². The second kappa shape index (κ2) is 5.88. The van der Waals surface area contributed by atoms with E-state index in [4.69, 9.17) is 4.74 Å². The van der Waals surface area contributed by atoms with Crippen LogP contribution in [0.3, 0.4) is 0 Å². The second-order valence-corrected chi connectivity index (χ2v) is 5.16. The quantitative estimate of drug-likeness (QED) is 0.723. The fourth-order valence-electron chi connectivity index (χ4n) is 2.64. The molecular formula is C19H19NO. The summed E-state index contributed by atoms with van der Waals surface area (Å²) in [7, 11) is 1.68. The Morgan fingerprint density at radius 3 is 2.33 bits per heavy atom. The SMILES string of the molecule is COc1ccc(N[C@H](C)c2cccc3ccccc23)cc1. The van der Waals surface area contributed by atoms with Gasteiger partial charge in [-0.2, -0.15) is 0 Å². The zero-order chi connectivity index (χ0) is 14.7. The van der Waals surface area contributed by atoms with Crippen molar-refractivity contribution in [1.29, 1.82) is 0 Å². The Morgan fingerprint density at radius 1 is 0.857 bits per heavy atom. The first kappa shape index (κ1) is 13.5. The topological polar surface area (TPSA) is 21.3 Å². The minimum absolute atomic E-state index is 0.240. The summed E-state index contributed by atoms with van der Waals surface area (Å²) >= 11 is 0. The van der Waals surface area contributed by atoms with Gasteiger partial charge in [0.1, 0.15) is 5.75 Å². The van der Waals surface area contributed by atoms with E-state index in [0.717, 1.165) is 11.4 Å². The summed E-state index contributed by atoms with van der Waals surface area (Å²) in [5.74, 6) is 0.873. The molecule has 3 aromatic carbocycles. The largest absolute Gasteiger partial charge is 0.497 e. The maximum absolute atomic E-state index is 5.19. The number of hydrogen-bond donors (Lipinski definition) is 1. The summed E-state index contributed by atoms with van der Waals surface area (Å²) in [6, 6.07) is 23.2. The molecule has 0 aliphatic heterocycles. The number of ether oxygens (including phenoxy) is 1. The third-order valence-corrected chi connectivity index (χ3v) is 3.76. The predicted octanol–water partition coefficient (Wildman–Crippen LogP) is 5.02. The van der Waals surface area contributed by atoms with Crippen molar-refractivity contribution >= 4 is 16.5 Å². The summed E-state index contributed by atoms with van der Waals surface area (Å²) in [6.07, 6.45) is 0. The Bertz CT molecular complexity index is 729. The summed E-state index contributed by atoms with van der Waals surface area (Å²) in [6.45, 7) is 2.19. The molecule has 106 valence electrons. The molecule has 3 aromatic rings. The zero-order valence-corrected chi connectivity index (χ0v) is 12.3. The summed E-state index contributed by atoms with van der Waals surface area (Å²) < 4.78 is 5.19. The highest BCUT2D eigenvalue weighted by Crippen LogP contribution is 2.27. The van der Waals surface area contributed by atoms with Crippen molar-refractivity contribution in [3.63, 3.8) is 0 Å². The highest BCUT2D eigenvalue weighted by atomic mass is 16.5. The average Bonchev–Trinajstić information content (AvgIpc) is 2.55. The summed E-state index contributed by atoms with van der Waals surface area (Å²) in [5, 5.41) is 6.12. The molecule has 0 bridgehead atoms. The van der Waals surface area contributed by atoms with E-state index >= 15 is 0 Å². The number of fused-ring (bicyclic) bond motifs is 1. The van der Waals surface area contributed by atoms with Gasteiger partial charge < -0.3 is 10.1 Å². The Balaban J connectivity index is 1.88. The first-order chi connectivity index (χ1) is 10.3. The van der Waals surface area contributed by atoms with E-state index in [1.807, 2.05) is 24.3 Å². The van der Waals surface area contributed by atoms with Crippen molar-refractivity contribution < 1.29 is 4.74 Å². The Hall–Kier alpha value is -2.48. The van der Waals surface area contributed by atoms with Crippen LogP contribution in [-0.4, -0.2) is 7.11 Å². The van der Waals surface area contributed by atoms with Gasteiger partial charge in [-0.3, -0.25) is 0 Å². The van der Waals surface area contributed by atoms with Gasteiger partial charge in [0.2, 0.25) is 0 Å². The number of anilines is 1. The average molecular weight is 277 g/mol. The maximum Gasteiger partial charge on any atom is 0.119 e. The number of benzene rings is 3. The fourth-order valence-corrected chi connectivity index (χ4v) is 2.64. The van der Waals surface area contributed by atoms with Gasteiger partial charge in [0, 0.05) is 11.7 Å². The molecular weight excluding hydrogens is 258 g/mol. The Kier molecular flexibility index (Phi) is 3.78. The van der Waals surface area contributed by atoms with Crippen molar-refractivity contribution in [2.45, 2.75) is 13.0 Å². The Morgan fingerprint density at radius 2 is 1.57 bits per heavy atom. The monoisotopic (exact) mass is 277 g/mol. The maximum atomic E-state index is 5.19. The van der Waals surface area contributed by atoms with Crippen molar-refractivity contribution in [3.05, 3.63) is 72.3 Å². The predicted molar refractivity (Wildman–Crippen MR) is 89.0 cm³/mol. The van der Waals surface area contributed by atoms with Crippen LogP contribution in [0.1, 0.15) is 18.5 Å².